The third-order valence-corrected chi connectivity index (χ3v) is 4.82. The summed E-state index contributed by atoms with van der Waals surface area (Å²) in [6.45, 7) is 1.99. The van der Waals surface area contributed by atoms with Crippen LogP contribution in [0.5, 0.6) is 0 Å². The number of carbonyl (C=O) groups excluding carboxylic acids is 1. The van der Waals surface area contributed by atoms with Gasteiger partial charge >= 0.3 is 6.03 Å². The Bertz CT molecular complexity index is 899. The largest absolute Gasteiger partial charge is 0.339 e. The second-order valence-electron chi connectivity index (χ2n) is 6.91. The SMILES string of the molecule is O=C(NCc1ccccc1)N1CCCC(Cc2nc(-c3cnccn3)no2)C1. The zero-order chi connectivity index (χ0) is 19.2. The molecule has 3 heterocycles. The fraction of sp³-hybridized carbons (Fsp3) is 0.350. The first-order chi connectivity index (χ1) is 13.8. The van der Waals surface area contributed by atoms with Gasteiger partial charge in [0.05, 0.1) is 6.20 Å². The lowest BCUT2D eigenvalue weighted by Crippen LogP contribution is -2.45. The minimum Gasteiger partial charge on any atom is -0.339 e. The van der Waals surface area contributed by atoms with Crippen LogP contribution in [0, 0.1) is 5.92 Å². The molecule has 1 fully saturated rings. The summed E-state index contributed by atoms with van der Waals surface area (Å²) in [6, 6.07) is 9.89. The van der Waals surface area contributed by atoms with Crippen molar-refractivity contribution in [3.05, 3.63) is 60.4 Å². The van der Waals surface area contributed by atoms with Gasteiger partial charge in [-0.05, 0) is 24.3 Å². The monoisotopic (exact) mass is 378 g/mol. The molecular weight excluding hydrogens is 356 g/mol. The molecule has 1 atom stereocenters. The van der Waals surface area contributed by atoms with Crippen molar-refractivity contribution in [2.75, 3.05) is 13.1 Å². The summed E-state index contributed by atoms with van der Waals surface area (Å²) in [5, 5.41) is 6.99. The van der Waals surface area contributed by atoms with Crippen molar-refractivity contribution in [1.29, 1.82) is 0 Å². The third kappa shape index (κ3) is 4.51. The first-order valence-corrected chi connectivity index (χ1v) is 9.43. The van der Waals surface area contributed by atoms with E-state index in [-0.39, 0.29) is 6.03 Å². The number of rotatable bonds is 5. The molecule has 1 N–H and O–H groups in total. The van der Waals surface area contributed by atoms with Crippen LogP contribution in [0.15, 0.2) is 53.4 Å². The summed E-state index contributed by atoms with van der Waals surface area (Å²) in [7, 11) is 0. The fourth-order valence-corrected chi connectivity index (χ4v) is 3.40. The second-order valence-corrected chi connectivity index (χ2v) is 6.91. The molecule has 8 heteroatoms. The summed E-state index contributed by atoms with van der Waals surface area (Å²) < 4.78 is 5.37. The van der Waals surface area contributed by atoms with E-state index in [0.717, 1.165) is 24.9 Å². The van der Waals surface area contributed by atoms with E-state index in [1.807, 2.05) is 35.2 Å². The Kier molecular flexibility index (Phi) is 5.56. The predicted molar refractivity (Wildman–Crippen MR) is 102 cm³/mol. The molecule has 144 valence electrons. The Morgan fingerprint density at radius 3 is 2.96 bits per heavy atom. The van der Waals surface area contributed by atoms with Crippen LogP contribution < -0.4 is 5.32 Å². The number of amides is 2. The molecule has 1 aromatic carbocycles. The smallest absolute Gasteiger partial charge is 0.317 e. The van der Waals surface area contributed by atoms with Gasteiger partial charge in [0, 0.05) is 38.4 Å². The van der Waals surface area contributed by atoms with Gasteiger partial charge < -0.3 is 14.7 Å². The number of nitrogens with one attached hydrogen (secondary N) is 1. The third-order valence-electron chi connectivity index (χ3n) is 4.82. The Morgan fingerprint density at radius 2 is 2.14 bits per heavy atom. The highest BCUT2D eigenvalue weighted by atomic mass is 16.5. The van der Waals surface area contributed by atoms with Crippen molar-refractivity contribution in [2.24, 2.45) is 5.92 Å². The van der Waals surface area contributed by atoms with Gasteiger partial charge in [-0.3, -0.25) is 4.98 Å². The van der Waals surface area contributed by atoms with E-state index in [0.29, 0.717) is 42.8 Å². The van der Waals surface area contributed by atoms with Crippen LogP contribution in [0.4, 0.5) is 4.79 Å². The van der Waals surface area contributed by atoms with E-state index >= 15 is 0 Å². The maximum absolute atomic E-state index is 12.5. The maximum atomic E-state index is 12.5. The van der Waals surface area contributed by atoms with Crippen LogP contribution in [-0.2, 0) is 13.0 Å². The topological polar surface area (TPSA) is 97.0 Å². The van der Waals surface area contributed by atoms with Crippen LogP contribution in [0.25, 0.3) is 11.5 Å². The zero-order valence-corrected chi connectivity index (χ0v) is 15.5. The van der Waals surface area contributed by atoms with Gasteiger partial charge in [0.15, 0.2) is 0 Å². The standard InChI is InChI=1S/C20H22N6O2/c27-20(23-12-15-5-2-1-3-6-15)26-10-4-7-16(14-26)11-18-24-19(25-28-18)17-13-21-8-9-22-17/h1-3,5-6,8-9,13,16H,4,7,10-12,14H2,(H,23,27). The van der Waals surface area contributed by atoms with Crippen LogP contribution >= 0.6 is 0 Å². The van der Waals surface area contributed by atoms with Gasteiger partial charge in [-0.25, -0.2) is 9.78 Å². The second kappa shape index (κ2) is 8.60. The van der Waals surface area contributed by atoms with Crippen LogP contribution in [0.2, 0.25) is 0 Å². The van der Waals surface area contributed by atoms with Crippen molar-refractivity contribution in [2.45, 2.75) is 25.8 Å². The van der Waals surface area contributed by atoms with E-state index in [4.69, 9.17) is 4.52 Å². The van der Waals surface area contributed by atoms with E-state index in [9.17, 15) is 4.79 Å². The lowest BCUT2D eigenvalue weighted by molar-refractivity contribution is 0.161. The van der Waals surface area contributed by atoms with Crippen LogP contribution in [0.3, 0.4) is 0 Å². The van der Waals surface area contributed by atoms with Gasteiger partial charge in [-0.15, -0.1) is 0 Å². The molecule has 2 amide bonds. The van der Waals surface area contributed by atoms with Crippen molar-refractivity contribution in [1.82, 2.24) is 30.3 Å². The molecule has 8 nitrogen and oxygen atoms in total. The van der Waals surface area contributed by atoms with Gasteiger partial charge in [0.2, 0.25) is 11.7 Å². The number of aromatic nitrogens is 4. The molecule has 0 spiro atoms. The molecule has 1 aliphatic rings. The first-order valence-electron chi connectivity index (χ1n) is 9.43. The molecule has 1 aliphatic heterocycles. The van der Waals surface area contributed by atoms with Crippen LogP contribution in [-0.4, -0.2) is 44.1 Å². The number of nitrogens with zero attached hydrogens (tertiary/aromatic N) is 5. The van der Waals surface area contributed by atoms with Gasteiger partial charge in [-0.2, -0.15) is 4.98 Å². The molecule has 1 unspecified atom stereocenters. The predicted octanol–water partition coefficient (Wildman–Crippen LogP) is 2.69. The number of carbonyl (C=O) groups is 1. The fourth-order valence-electron chi connectivity index (χ4n) is 3.40. The molecule has 4 rings (SSSR count). The molecule has 28 heavy (non-hydrogen) atoms. The Hall–Kier alpha value is -3.29. The molecule has 0 aliphatic carbocycles. The van der Waals surface area contributed by atoms with Crippen molar-refractivity contribution < 1.29 is 9.32 Å². The van der Waals surface area contributed by atoms with Gasteiger partial charge in [-0.1, -0.05) is 35.5 Å². The minimum absolute atomic E-state index is 0.0284. The van der Waals surface area contributed by atoms with Crippen molar-refractivity contribution >= 4 is 6.03 Å². The molecule has 2 aromatic heterocycles. The normalized spacial score (nSPS) is 16.7. The Balaban J connectivity index is 1.31. The van der Waals surface area contributed by atoms with Crippen molar-refractivity contribution in [3.8, 4) is 11.5 Å². The number of urea groups is 1. The van der Waals surface area contributed by atoms with Gasteiger partial charge in [0.1, 0.15) is 5.69 Å². The van der Waals surface area contributed by atoms with E-state index in [1.54, 1.807) is 18.6 Å². The highest BCUT2D eigenvalue weighted by Crippen LogP contribution is 2.21. The number of hydrogen-bond donors (Lipinski definition) is 1. The maximum Gasteiger partial charge on any atom is 0.317 e. The zero-order valence-electron chi connectivity index (χ0n) is 15.5. The first kappa shape index (κ1) is 18.1. The highest BCUT2D eigenvalue weighted by Gasteiger charge is 2.25. The number of benzene rings is 1. The summed E-state index contributed by atoms with van der Waals surface area (Å²) in [4.78, 5) is 27.0. The average Bonchev–Trinajstić information content (AvgIpc) is 3.22. The van der Waals surface area contributed by atoms with Crippen LogP contribution in [0.1, 0.15) is 24.3 Å². The molecule has 0 bridgehead atoms. The number of hydrogen-bond acceptors (Lipinski definition) is 6. The minimum atomic E-state index is -0.0284. The Morgan fingerprint density at radius 1 is 1.25 bits per heavy atom. The quantitative estimate of drug-likeness (QED) is 0.733. The molecule has 0 saturated carbocycles. The lowest BCUT2D eigenvalue weighted by Gasteiger charge is -2.32. The van der Waals surface area contributed by atoms with E-state index in [1.165, 1.54) is 0 Å². The average molecular weight is 378 g/mol. The van der Waals surface area contributed by atoms with Gasteiger partial charge in [0.25, 0.3) is 0 Å². The number of likely N-dealkylation sites (tertiary alicyclic amines) is 1. The van der Waals surface area contributed by atoms with E-state index in [2.05, 4.69) is 25.4 Å². The summed E-state index contributed by atoms with van der Waals surface area (Å²) in [5.41, 5.74) is 1.68. The molecule has 3 aromatic rings. The number of piperidine rings is 1. The molecular formula is C20H22N6O2. The molecule has 0 radical (unpaired) electrons. The van der Waals surface area contributed by atoms with E-state index < -0.39 is 0 Å². The summed E-state index contributed by atoms with van der Waals surface area (Å²) in [6.07, 6.45) is 7.45. The lowest BCUT2D eigenvalue weighted by atomic mass is 9.95. The molecule has 1 saturated heterocycles. The summed E-state index contributed by atoms with van der Waals surface area (Å²) >= 11 is 0. The Labute approximate surface area is 163 Å². The van der Waals surface area contributed by atoms with Crippen molar-refractivity contribution in [3.63, 3.8) is 0 Å². The highest BCUT2D eigenvalue weighted by molar-refractivity contribution is 5.74. The summed E-state index contributed by atoms with van der Waals surface area (Å²) in [5.74, 6) is 1.31.